The highest BCUT2D eigenvalue weighted by Crippen LogP contribution is 2.60. The van der Waals surface area contributed by atoms with Crippen molar-refractivity contribution in [3.05, 3.63) is 107 Å². The lowest BCUT2D eigenvalue weighted by molar-refractivity contribution is 0.170. The summed E-state index contributed by atoms with van der Waals surface area (Å²) in [5.74, 6) is 3.08. The Morgan fingerprint density at radius 2 is 1.33 bits per heavy atom. The third-order valence-electron chi connectivity index (χ3n) is 14.0. The molecule has 8 aliphatic rings. The first-order chi connectivity index (χ1) is 24.1. The fourth-order valence-corrected chi connectivity index (χ4v) is 11.5. The number of fused-ring (bicyclic) bond motifs is 3. The minimum absolute atomic E-state index is 0.198. The lowest BCUT2D eigenvalue weighted by Crippen LogP contribution is -2.43. The Labute approximate surface area is 299 Å². The SMILES string of the molecule is CC1(C)C2=CC(CCC3C=CC(N(C4=CCCCC4)C4CC=CCC4)CC3)CCC2C2CCC(N(C3=CC=CCC3)C3=CC=CCC3)C=C21. The third kappa shape index (κ3) is 6.97. The third-order valence-corrected chi connectivity index (χ3v) is 14.0. The highest BCUT2D eigenvalue weighted by atomic mass is 15.2. The van der Waals surface area contributed by atoms with Crippen LogP contribution in [-0.2, 0) is 0 Å². The summed E-state index contributed by atoms with van der Waals surface area (Å²) in [6.45, 7) is 5.16. The van der Waals surface area contributed by atoms with Gasteiger partial charge in [-0.2, -0.15) is 0 Å². The molecule has 262 valence electrons. The zero-order valence-corrected chi connectivity index (χ0v) is 30.9. The number of hydrogen-bond acceptors (Lipinski definition) is 2. The molecule has 0 aliphatic heterocycles. The van der Waals surface area contributed by atoms with E-state index in [9.17, 15) is 0 Å². The normalized spacial score (nSPS) is 35.0. The van der Waals surface area contributed by atoms with Crippen LogP contribution in [0.25, 0.3) is 0 Å². The van der Waals surface area contributed by atoms with Crippen molar-refractivity contribution >= 4 is 0 Å². The van der Waals surface area contributed by atoms with E-state index in [4.69, 9.17) is 0 Å². The maximum absolute atomic E-state index is 2.90. The quantitative estimate of drug-likeness (QED) is 0.228. The molecule has 2 heteroatoms. The van der Waals surface area contributed by atoms with Crippen LogP contribution in [-0.4, -0.2) is 27.9 Å². The molecule has 0 N–H and O–H groups in total. The zero-order chi connectivity index (χ0) is 33.2. The summed E-state index contributed by atoms with van der Waals surface area (Å²) in [4.78, 5) is 5.67. The molecule has 8 aliphatic carbocycles. The first-order valence-electron chi connectivity index (χ1n) is 20.8. The fraction of sp³-hybridized carbons (Fsp3) is 0.617. The van der Waals surface area contributed by atoms with Gasteiger partial charge in [0.15, 0.2) is 0 Å². The second kappa shape index (κ2) is 14.9. The van der Waals surface area contributed by atoms with Crippen LogP contribution in [0.4, 0.5) is 0 Å². The van der Waals surface area contributed by atoms with Crippen LogP contribution >= 0.6 is 0 Å². The van der Waals surface area contributed by atoms with Gasteiger partial charge in [0.05, 0.1) is 6.04 Å². The second-order valence-electron chi connectivity index (χ2n) is 17.3. The molecular weight excluding hydrogens is 593 g/mol. The van der Waals surface area contributed by atoms with E-state index in [0.29, 0.717) is 18.1 Å². The smallest absolute Gasteiger partial charge is 0.0519 e. The molecule has 7 atom stereocenters. The van der Waals surface area contributed by atoms with Gasteiger partial charge in [0.1, 0.15) is 0 Å². The molecule has 0 amide bonds. The Kier molecular flexibility index (Phi) is 10.1. The highest BCUT2D eigenvalue weighted by Gasteiger charge is 2.50. The van der Waals surface area contributed by atoms with E-state index in [-0.39, 0.29) is 5.41 Å². The van der Waals surface area contributed by atoms with E-state index in [1.165, 1.54) is 133 Å². The van der Waals surface area contributed by atoms with Crippen molar-refractivity contribution < 1.29 is 0 Å². The average molecular weight is 657 g/mol. The maximum Gasteiger partial charge on any atom is 0.0519 e. The van der Waals surface area contributed by atoms with E-state index in [2.05, 4.69) is 103 Å². The minimum atomic E-state index is 0.198. The molecule has 2 nitrogen and oxygen atoms in total. The summed E-state index contributed by atoms with van der Waals surface area (Å²) < 4.78 is 0. The molecule has 7 unspecified atom stereocenters. The lowest BCUT2D eigenvalue weighted by atomic mass is 9.73. The van der Waals surface area contributed by atoms with Crippen LogP contribution in [0.5, 0.6) is 0 Å². The van der Waals surface area contributed by atoms with Gasteiger partial charge in [-0.25, -0.2) is 0 Å². The predicted molar refractivity (Wildman–Crippen MR) is 207 cm³/mol. The van der Waals surface area contributed by atoms with Crippen molar-refractivity contribution in [1.29, 1.82) is 0 Å². The number of allylic oxidation sites excluding steroid dienone is 15. The maximum atomic E-state index is 2.90. The molecular formula is C47H64N2. The molecule has 0 bridgehead atoms. The van der Waals surface area contributed by atoms with Crippen molar-refractivity contribution in [2.75, 3.05) is 0 Å². The summed E-state index contributed by atoms with van der Waals surface area (Å²) in [6.07, 6.45) is 57.2. The Morgan fingerprint density at radius 1 is 0.612 bits per heavy atom. The van der Waals surface area contributed by atoms with Gasteiger partial charge in [-0.3, -0.25) is 0 Å². The van der Waals surface area contributed by atoms with Crippen LogP contribution in [0.1, 0.15) is 136 Å². The van der Waals surface area contributed by atoms with Gasteiger partial charge in [-0.1, -0.05) is 91.8 Å². The molecule has 0 aromatic rings. The van der Waals surface area contributed by atoms with Gasteiger partial charge in [-0.05, 0) is 158 Å². The standard InChI is InChI=1S/C47H64N2/c1-47(2)45-33-36(24-23-35-25-28-41(29-26-35)48(37-15-7-3-8-16-37)38-17-9-4-10-18-38)27-31-43(45)44-32-30-42(34-46(44)47)49(39-19-11-5-12-20-39)40-21-13-6-14-22-40/h3,5-7,11,13,17,19,21,25,28,33-37,41-44H,4,8-10,12,14-16,18,20,22-24,26-27,29-32H2,1-2H3. The molecule has 0 aromatic carbocycles. The van der Waals surface area contributed by atoms with E-state index >= 15 is 0 Å². The molecule has 49 heavy (non-hydrogen) atoms. The monoisotopic (exact) mass is 657 g/mol. The number of rotatable bonds is 9. The Balaban J connectivity index is 0.940. The van der Waals surface area contributed by atoms with Crippen LogP contribution in [0, 0.1) is 29.1 Å². The molecule has 0 heterocycles. The Morgan fingerprint density at radius 3 is 1.98 bits per heavy atom. The minimum Gasteiger partial charge on any atom is -0.365 e. The molecule has 0 spiro atoms. The van der Waals surface area contributed by atoms with Crippen molar-refractivity contribution in [3.63, 3.8) is 0 Å². The zero-order valence-electron chi connectivity index (χ0n) is 30.9. The summed E-state index contributed by atoms with van der Waals surface area (Å²) in [6, 6.07) is 1.82. The first kappa shape index (κ1) is 33.4. The second-order valence-corrected chi connectivity index (χ2v) is 17.3. The summed E-state index contributed by atoms with van der Waals surface area (Å²) in [5, 5.41) is 0. The van der Waals surface area contributed by atoms with Gasteiger partial charge in [0, 0.05) is 34.6 Å². The molecule has 0 radical (unpaired) electrons. The molecule has 8 rings (SSSR count). The summed E-state index contributed by atoms with van der Waals surface area (Å²) >= 11 is 0. The summed E-state index contributed by atoms with van der Waals surface area (Å²) in [7, 11) is 0. The van der Waals surface area contributed by atoms with Crippen LogP contribution in [0.2, 0.25) is 0 Å². The molecule has 0 saturated heterocycles. The molecule has 0 aromatic heterocycles. The van der Waals surface area contributed by atoms with E-state index in [0.717, 1.165) is 23.7 Å². The van der Waals surface area contributed by atoms with Crippen molar-refractivity contribution in [2.45, 2.75) is 154 Å². The fourth-order valence-electron chi connectivity index (χ4n) is 11.5. The van der Waals surface area contributed by atoms with Gasteiger partial charge >= 0.3 is 0 Å². The van der Waals surface area contributed by atoms with E-state index in [1.54, 1.807) is 11.3 Å². The first-order valence-corrected chi connectivity index (χ1v) is 20.8. The van der Waals surface area contributed by atoms with Crippen LogP contribution in [0.3, 0.4) is 0 Å². The largest absolute Gasteiger partial charge is 0.365 e. The Hall–Kier alpha value is -2.74. The van der Waals surface area contributed by atoms with E-state index in [1.807, 2.05) is 5.57 Å². The van der Waals surface area contributed by atoms with Crippen molar-refractivity contribution in [1.82, 2.24) is 9.80 Å². The molecule has 1 fully saturated rings. The van der Waals surface area contributed by atoms with E-state index < -0.39 is 0 Å². The highest BCUT2D eigenvalue weighted by molar-refractivity contribution is 5.44. The van der Waals surface area contributed by atoms with Gasteiger partial charge in [-0.15, -0.1) is 0 Å². The van der Waals surface area contributed by atoms with Crippen molar-refractivity contribution in [3.8, 4) is 0 Å². The number of hydrogen-bond donors (Lipinski definition) is 0. The van der Waals surface area contributed by atoms with Crippen molar-refractivity contribution in [2.24, 2.45) is 29.1 Å². The topological polar surface area (TPSA) is 6.48 Å². The van der Waals surface area contributed by atoms with Gasteiger partial charge in [0.2, 0.25) is 0 Å². The molecule has 1 saturated carbocycles. The predicted octanol–water partition coefficient (Wildman–Crippen LogP) is 12.4. The average Bonchev–Trinajstić information content (AvgIpc) is 3.38. The van der Waals surface area contributed by atoms with Crippen LogP contribution in [0.15, 0.2) is 107 Å². The van der Waals surface area contributed by atoms with Gasteiger partial charge in [0.25, 0.3) is 0 Å². The van der Waals surface area contributed by atoms with Crippen LogP contribution < -0.4 is 0 Å². The summed E-state index contributed by atoms with van der Waals surface area (Å²) in [5.41, 5.74) is 8.52. The van der Waals surface area contributed by atoms with Gasteiger partial charge < -0.3 is 9.80 Å². The lowest BCUT2D eigenvalue weighted by Gasteiger charge is -2.44. The number of nitrogens with zero attached hydrogens (tertiary/aromatic N) is 2. The Bertz CT molecular complexity index is 1450.